The molecule has 0 bridgehead atoms. The minimum absolute atomic E-state index is 0.0616. The first-order chi connectivity index (χ1) is 17.5. The molecule has 2 aromatic heterocycles. The Balaban J connectivity index is 0.000000390. The average molecular weight is 492 g/mol. The van der Waals surface area contributed by atoms with E-state index in [2.05, 4.69) is 38.8 Å². The predicted octanol–water partition coefficient (Wildman–Crippen LogP) is 5.02. The van der Waals surface area contributed by atoms with E-state index in [1.165, 1.54) is 32.6 Å². The number of halogens is 1. The van der Waals surface area contributed by atoms with Crippen molar-refractivity contribution in [1.82, 2.24) is 20.6 Å². The summed E-state index contributed by atoms with van der Waals surface area (Å²) >= 11 is 0. The van der Waals surface area contributed by atoms with E-state index in [1.807, 2.05) is 13.8 Å². The van der Waals surface area contributed by atoms with Crippen molar-refractivity contribution in [1.29, 1.82) is 0 Å². The number of aromatic nitrogens is 2. The molecule has 1 saturated heterocycles. The number of terminal acetylenes is 1. The van der Waals surface area contributed by atoms with Crippen LogP contribution < -0.4 is 20.7 Å². The highest BCUT2D eigenvalue weighted by Crippen LogP contribution is 2.40. The number of aromatic amines is 1. The van der Waals surface area contributed by atoms with Crippen LogP contribution in [0.15, 0.2) is 36.7 Å². The maximum absolute atomic E-state index is 14.2. The number of methoxy groups -OCH3 is 1. The normalized spacial score (nSPS) is 15.8. The summed E-state index contributed by atoms with van der Waals surface area (Å²) in [7, 11) is 1.39. The molecule has 1 unspecified atom stereocenters. The molecule has 8 heteroatoms. The second kappa shape index (κ2) is 12.8. The molecule has 0 aliphatic carbocycles. The summed E-state index contributed by atoms with van der Waals surface area (Å²) in [5.41, 5.74) is 4.12. The summed E-state index contributed by atoms with van der Waals surface area (Å²) in [6.07, 6.45) is 12.2. The number of carbonyl (C=O) groups is 1. The molecular formula is C28H34FN5O2. The lowest BCUT2D eigenvalue weighted by molar-refractivity contribution is 0.0947. The highest BCUT2D eigenvalue weighted by Gasteiger charge is 2.28. The van der Waals surface area contributed by atoms with Crippen LogP contribution in [0.5, 0.6) is 5.75 Å². The van der Waals surface area contributed by atoms with Gasteiger partial charge in [-0.2, -0.15) is 0 Å². The molecule has 1 aromatic carbocycles. The second-order valence-corrected chi connectivity index (χ2v) is 8.24. The Hall–Kier alpha value is -3.83. The number of anilines is 2. The monoisotopic (exact) mass is 491 g/mol. The number of H-pyrrole nitrogens is 1. The molecule has 4 N–H and O–H groups in total. The van der Waals surface area contributed by atoms with E-state index < -0.39 is 5.82 Å². The van der Waals surface area contributed by atoms with E-state index in [-0.39, 0.29) is 11.7 Å². The summed E-state index contributed by atoms with van der Waals surface area (Å²) in [5.74, 6) is 1.96. The average Bonchev–Trinajstić information content (AvgIpc) is 3.53. The molecule has 5 rings (SSSR count). The molecule has 0 radical (unpaired) electrons. The maximum atomic E-state index is 14.2. The van der Waals surface area contributed by atoms with E-state index in [4.69, 9.17) is 11.2 Å². The van der Waals surface area contributed by atoms with Crippen LogP contribution in [0, 0.1) is 18.2 Å². The summed E-state index contributed by atoms with van der Waals surface area (Å²) in [6, 6.07) is 7.13. The lowest BCUT2D eigenvalue weighted by Gasteiger charge is -2.16. The molecule has 1 amide bonds. The summed E-state index contributed by atoms with van der Waals surface area (Å²) in [4.78, 5) is 20.0. The van der Waals surface area contributed by atoms with Crippen LogP contribution in [0.3, 0.4) is 0 Å². The molecule has 1 atom stereocenters. The third kappa shape index (κ3) is 5.86. The number of nitrogens with one attached hydrogen (secondary N) is 4. The lowest BCUT2D eigenvalue weighted by atomic mass is 10.0. The van der Waals surface area contributed by atoms with Gasteiger partial charge in [-0.15, -0.1) is 6.42 Å². The van der Waals surface area contributed by atoms with E-state index >= 15 is 0 Å². The zero-order valence-corrected chi connectivity index (χ0v) is 21.3. The van der Waals surface area contributed by atoms with Crippen LogP contribution in [0.4, 0.5) is 15.8 Å². The fraction of sp³-hybridized carbons (Fsp3) is 0.357. The van der Waals surface area contributed by atoms with Crippen LogP contribution in [0.2, 0.25) is 0 Å². The predicted molar refractivity (Wildman–Crippen MR) is 142 cm³/mol. The fourth-order valence-corrected chi connectivity index (χ4v) is 4.24. The highest BCUT2D eigenvalue weighted by atomic mass is 19.1. The van der Waals surface area contributed by atoms with Crippen molar-refractivity contribution in [3.05, 3.63) is 59.3 Å². The molecular weight excluding hydrogens is 457 g/mol. The highest BCUT2D eigenvalue weighted by molar-refractivity contribution is 6.06. The standard InChI is InChI=1S/C21H17FN4O2.C5H11N.C2H6/c1-3-12-11-23-9-7-13(12)18-19(17-15(25-18)8-10-24-21(17)27)26-16-6-4-5-14(22)20(16)28-2;1-5-3-2-4-6-5;1-2/h1,4-7,9,11,25-26H,8,10H2,2H3,(H,24,27);5-6H,2-4H2,1H3;1-2H3. The first-order valence-electron chi connectivity index (χ1n) is 12.3. The lowest BCUT2D eigenvalue weighted by Crippen LogP contribution is -2.31. The first-order valence-corrected chi connectivity index (χ1v) is 12.3. The smallest absolute Gasteiger partial charge is 0.255 e. The van der Waals surface area contributed by atoms with Gasteiger partial charge in [-0.1, -0.05) is 25.8 Å². The van der Waals surface area contributed by atoms with Crippen molar-refractivity contribution in [3.8, 4) is 29.4 Å². The number of fused-ring (bicyclic) bond motifs is 1. The van der Waals surface area contributed by atoms with Crippen LogP contribution in [-0.4, -0.2) is 42.1 Å². The number of rotatable bonds is 4. The minimum Gasteiger partial charge on any atom is -0.492 e. The van der Waals surface area contributed by atoms with Gasteiger partial charge in [-0.3, -0.25) is 9.78 Å². The van der Waals surface area contributed by atoms with Gasteiger partial charge < -0.3 is 25.7 Å². The number of benzene rings is 1. The van der Waals surface area contributed by atoms with Gasteiger partial charge in [0.25, 0.3) is 5.91 Å². The first kappa shape index (κ1) is 26.8. The van der Waals surface area contributed by atoms with Crippen molar-refractivity contribution >= 4 is 17.3 Å². The van der Waals surface area contributed by atoms with Crippen LogP contribution in [-0.2, 0) is 6.42 Å². The zero-order chi connectivity index (χ0) is 26.1. The van der Waals surface area contributed by atoms with Crippen molar-refractivity contribution < 1.29 is 13.9 Å². The van der Waals surface area contributed by atoms with E-state index in [1.54, 1.807) is 30.6 Å². The quantitative estimate of drug-likeness (QED) is 0.385. The van der Waals surface area contributed by atoms with E-state index in [9.17, 15) is 9.18 Å². The Labute approximate surface area is 212 Å². The number of nitrogens with zero attached hydrogens (tertiary/aromatic N) is 1. The van der Waals surface area contributed by atoms with Gasteiger partial charge in [0.2, 0.25) is 0 Å². The molecule has 36 heavy (non-hydrogen) atoms. The maximum Gasteiger partial charge on any atom is 0.255 e. The SMILES string of the molecule is C#Cc1cnccc1-c1[nH]c2c(c1Nc1cccc(F)c1OC)C(=O)NCC2.CC.CC1CCCN1. The fourth-order valence-electron chi connectivity index (χ4n) is 4.24. The topological polar surface area (TPSA) is 91.1 Å². The number of para-hydroxylation sites is 1. The largest absolute Gasteiger partial charge is 0.492 e. The Morgan fingerprint density at radius 1 is 1.25 bits per heavy atom. The number of hydrogen-bond donors (Lipinski definition) is 4. The van der Waals surface area contributed by atoms with Gasteiger partial charge in [0.15, 0.2) is 11.6 Å². The second-order valence-electron chi connectivity index (χ2n) is 8.24. The molecule has 1 fully saturated rings. The number of hydrogen-bond acceptors (Lipinski definition) is 5. The number of amides is 1. The molecule has 2 aliphatic rings. The van der Waals surface area contributed by atoms with Crippen LogP contribution in [0.1, 0.15) is 55.2 Å². The Morgan fingerprint density at radius 3 is 2.69 bits per heavy atom. The van der Waals surface area contributed by atoms with Gasteiger partial charge in [0.1, 0.15) is 0 Å². The zero-order valence-electron chi connectivity index (χ0n) is 21.3. The molecule has 7 nitrogen and oxygen atoms in total. The summed E-state index contributed by atoms with van der Waals surface area (Å²) in [5, 5.41) is 9.34. The number of pyridine rings is 1. The molecule has 3 aromatic rings. The summed E-state index contributed by atoms with van der Waals surface area (Å²) < 4.78 is 19.3. The third-order valence-corrected chi connectivity index (χ3v) is 5.95. The molecule has 0 spiro atoms. The minimum atomic E-state index is -0.504. The van der Waals surface area contributed by atoms with Gasteiger partial charge in [-0.25, -0.2) is 4.39 Å². The number of carbonyl (C=O) groups excluding carboxylic acids is 1. The van der Waals surface area contributed by atoms with Crippen molar-refractivity contribution in [2.45, 2.75) is 46.1 Å². The van der Waals surface area contributed by atoms with Gasteiger partial charge >= 0.3 is 0 Å². The van der Waals surface area contributed by atoms with Gasteiger partial charge in [-0.05, 0) is 44.5 Å². The molecule has 190 valence electrons. The molecule has 4 heterocycles. The van der Waals surface area contributed by atoms with Crippen molar-refractivity contribution in [2.24, 2.45) is 0 Å². The van der Waals surface area contributed by atoms with Crippen molar-refractivity contribution in [2.75, 3.05) is 25.5 Å². The third-order valence-electron chi connectivity index (χ3n) is 5.95. The van der Waals surface area contributed by atoms with E-state index in [0.717, 1.165) is 17.3 Å². The Morgan fingerprint density at radius 2 is 2.06 bits per heavy atom. The van der Waals surface area contributed by atoms with Crippen LogP contribution >= 0.6 is 0 Å². The Kier molecular flexibility index (Phi) is 9.48. The van der Waals surface area contributed by atoms with Crippen LogP contribution in [0.25, 0.3) is 11.3 Å². The van der Waals surface area contributed by atoms with Gasteiger partial charge in [0.05, 0.1) is 35.3 Å². The number of ether oxygens (including phenoxy) is 1. The van der Waals surface area contributed by atoms with E-state index in [0.29, 0.717) is 41.2 Å². The van der Waals surface area contributed by atoms with Crippen molar-refractivity contribution in [3.63, 3.8) is 0 Å². The summed E-state index contributed by atoms with van der Waals surface area (Å²) in [6.45, 7) is 8.00. The van der Waals surface area contributed by atoms with Gasteiger partial charge in [0, 0.05) is 42.7 Å². The molecule has 0 saturated carbocycles. The molecule has 2 aliphatic heterocycles. The Bertz CT molecular complexity index is 1230.